The third kappa shape index (κ3) is 3.30. The molecule has 0 unspecified atom stereocenters. The van der Waals surface area contributed by atoms with E-state index in [0.29, 0.717) is 0 Å². The molecular formula is C20H25N3. The van der Waals surface area contributed by atoms with Crippen molar-refractivity contribution in [1.29, 1.82) is 0 Å². The number of aromatic nitrogens is 2. The molecule has 0 aliphatic carbocycles. The summed E-state index contributed by atoms with van der Waals surface area (Å²) in [5.74, 6) is 1.07. The first kappa shape index (κ1) is 15.8. The fourth-order valence-corrected chi connectivity index (χ4v) is 3.01. The topological polar surface area (TPSA) is 21.1 Å². The molecule has 0 bridgehead atoms. The molecule has 1 heterocycles. The number of nitrogens with zero attached hydrogens (tertiary/aromatic N) is 3. The van der Waals surface area contributed by atoms with E-state index < -0.39 is 0 Å². The van der Waals surface area contributed by atoms with Crippen LogP contribution in [-0.4, -0.2) is 34.1 Å². The molecule has 1 aromatic heterocycles. The Bertz CT molecular complexity index is 767. The highest BCUT2D eigenvalue weighted by atomic mass is 15.2. The van der Waals surface area contributed by atoms with E-state index >= 15 is 0 Å². The maximum atomic E-state index is 4.89. The van der Waals surface area contributed by atoms with Gasteiger partial charge in [-0.2, -0.15) is 0 Å². The van der Waals surface area contributed by atoms with Crippen molar-refractivity contribution in [3.63, 3.8) is 0 Å². The van der Waals surface area contributed by atoms with E-state index in [2.05, 4.69) is 78.8 Å². The summed E-state index contributed by atoms with van der Waals surface area (Å²) < 4.78 is 2.36. The van der Waals surface area contributed by atoms with Gasteiger partial charge in [0, 0.05) is 18.7 Å². The Labute approximate surface area is 138 Å². The number of hydrogen-bond donors (Lipinski definition) is 0. The molecule has 0 fully saturated rings. The number of rotatable bonds is 6. The molecule has 0 aliphatic heterocycles. The van der Waals surface area contributed by atoms with Crippen LogP contribution in [0.15, 0.2) is 48.5 Å². The fourth-order valence-electron chi connectivity index (χ4n) is 3.01. The summed E-state index contributed by atoms with van der Waals surface area (Å²) in [4.78, 5) is 7.34. The number of benzene rings is 2. The summed E-state index contributed by atoms with van der Waals surface area (Å²) in [6, 6.07) is 17.1. The molecular weight excluding hydrogens is 282 g/mol. The van der Waals surface area contributed by atoms with Crippen LogP contribution in [0, 0.1) is 6.92 Å². The van der Waals surface area contributed by atoms with E-state index in [-0.39, 0.29) is 0 Å². The first-order valence-corrected chi connectivity index (χ1v) is 8.47. The molecule has 3 aromatic rings. The lowest BCUT2D eigenvalue weighted by molar-refractivity contribution is 0.292. The molecule has 120 valence electrons. The quantitative estimate of drug-likeness (QED) is 0.675. The summed E-state index contributed by atoms with van der Waals surface area (Å²) in [7, 11) is 0. The SMILES string of the molecule is CCN(CC)CCn1c(-c2ccc(C)cc2)nc2ccccc21. The highest BCUT2D eigenvalue weighted by Gasteiger charge is 2.12. The minimum Gasteiger partial charge on any atom is -0.323 e. The highest BCUT2D eigenvalue weighted by molar-refractivity contribution is 5.80. The number of fused-ring (bicyclic) bond motifs is 1. The van der Waals surface area contributed by atoms with E-state index in [1.165, 1.54) is 16.6 Å². The number of aryl methyl sites for hydroxylation is 1. The largest absolute Gasteiger partial charge is 0.323 e. The lowest BCUT2D eigenvalue weighted by Crippen LogP contribution is -2.27. The van der Waals surface area contributed by atoms with Crippen molar-refractivity contribution in [1.82, 2.24) is 14.5 Å². The van der Waals surface area contributed by atoms with Gasteiger partial charge in [-0.3, -0.25) is 0 Å². The molecule has 0 amide bonds. The Kier molecular flexibility index (Phi) is 4.77. The maximum Gasteiger partial charge on any atom is 0.141 e. The Morgan fingerprint density at radius 1 is 0.957 bits per heavy atom. The average Bonchev–Trinajstić information content (AvgIpc) is 2.95. The van der Waals surface area contributed by atoms with Gasteiger partial charge in [0.25, 0.3) is 0 Å². The van der Waals surface area contributed by atoms with Crippen LogP contribution in [0.25, 0.3) is 22.4 Å². The monoisotopic (exact) mass is 307 g/mol. The van der Waals surface area contributed by atoms with Gasteiger partial charge in [0.2, 0.25) is 0 Å². The Balaban J connectivity index is 2.02. The number of hydrogen-bond acceptors (Lipinski definition) is 2. The van der Waals surface area contributed by atoms with Gasteiger partial charge < -0.3 is 9.47 Å². The Hall–Kier alpha value is -2.13. The lowest BCUT2D eigenvalue weighted by atomic mass is 10.1. The summed E-state index contributed by atoms with van der Waals surface area (Å²) >= 11 is 0. The van der Waals surface area contributed by atoms with Crippen LogP contribution in [0.4, 0.5) is 0 Å². The van der Waals surface area contributed by atoms with Crippen molar-refractivity contribution in [2.45, 2.75) is 27.3 Å². The van der Waals surface area contributed by atoms with Crippen LogP contribution in [0.3, 0.4) is 0 Å². The second-order valence-corrected chi connectivity index (χ2v) is 5.97. The normalized spacial score (nSPS) is 11.5. The third-order valence-electron chi connectivity index (χ3n) is 4.50. The zero-order valence-corrected chi connectivity index (χ0v) is 14.3. The number of para-hydroxylation sites is 2. The first-order valence-electron chi connectivity index (χ1n) is 8.47. The van der Waals surface area contributed by atoms with Crippen LogP contribution in [-0.2, 0) is 6.54 Å². The Morgan fingerprint density at radius 3 is 2.35 bits per heavy atom. The van der Waals surface area contributed by atoms with Gasteiger partial charge in [-0.15, -0.1) is 0 Å². The zero-order chi connectivity index (χ0) is 16.2. The predicted molar refractivity (Wildman–Crippen MR) is 97.7 cm³/mol. The third-order valence-corrected chi connectivity index (χ3v) is 4.50. The molecule has 0 N–H and O–H groups in total. The van der Waals surface area contributed by atoms with Crippen molar-refractivity contribution in [3.05, 3.63) is 54.1 Å². The van der Waals surface area contributed by atoms with Crippen molar-refractivity contribution in [3.8, 4) is 11.4 Å². The summed E-state index contributed by atoms with van der Waals surface area (Å²) in [5, 5.41) is 0. The molecule has 0 radical (unpaired) electrons. The van der Waals surface area contributed by atoms with Gasteiger partial charge in [0.15, 0.2) is 0 Å². The summed E-state index contributed by atoms with van der Waals surface area (Å²) in [5.41, 5.74) is 4.75. The predicted octanol–water partition coefficient (Wildman–Crippen LogP) is 4.35. The van der Waals surface area contributed by atoms with E-state index in [1.807, 2.05) is 0 Å². The average molecular weight is 307 g/mol. The first-order chi connectivity index (χ1) is 11.2. The summed E-state index contributed by atoms with van der Waals surface area (Å²) in [6.45, 7) is 10.7. The Morgan fingerprint density at radius 2 is 1.65 bits per heavy atom. The smallest absolute Gasteiger partial charge is 0.141 e. The maximum absolute atomic E-state index is 4.89. The molecule has 0 aliphatic rings. The molecule has 2 aromatic carbocycles. The van der Waals surface area contributed by atoms with E-state index in [4.69, 9.17) is 4.98 Å². The van der Waals surface area contributed by atoms with Gasteiger partial charge in [-0.05, 0) is 32.1 Å². The molecule has 0 atom stereocenters. The number of imidazole rings is 1. The van der Waals surface area contributed by atoms with Gasteiger partial charge in [-0.1, -0.05) is 55.8 Å². The highest BCUT2D eigenvalue weighted by Crippen LogP contribution is 2.25. The second kappa shape index (κ2) is 6.97. The lowest BCUT2D eigenvalue weighted by Gasteiger charge is -2.19. The molecule has 3 heteroatoms. The van der Waals surface area contributed by atoms with Crippen LogP contribution in [0.1, 0.15) is 19.4 Å². The number of likely N-dealkylation sites (N-methyl/N-ethyl adjacent to an activating group) is 1. The van der Waals surface area contributed by atoms with Gasteiger partial charge in [0.05, 0.1) is 11.0 Å². The molecule has 0 saturated carbocycles. The van der Waals surface area contributed by atoms with Crippen molar-refractivity contribution >= 4 is 11.0 Å². The van der Waals surface area contributed by atoms with Crippen molar-refractivity contribution in [2.75, 3.05) is 19.6 Å². The molecule has 0 saturated heterocycles. The van der Waals surface area contributed by atoms with Crippen molar-refractivity contribution in [2.24, 2.45) is 0 Å². The fraction of sp³-hybridized carbons (Fsp3) is 0.350. The van der Waals surface area contributed by atoms with Crippen LogP contribution >= 0.6 is 0 Å². The minimum atomic E-state index is 0.964. The van der Waals surface area contributed by atoms with E-state index in [0.717, 1.165) is 37.5 Å². The van der Waals surface area contributed by atoms with Gasteiger partial charge >= 0.3 is 0 Å². The van der Waals surface area contributed by atoms with Crippen LogP contribution in [0.2, 0.25) is 0 Å². The van der Waals surface area contributed by atoms with Crippen LogP contribution < -0.4 is 0 Å². The molecule has 0 spiro atoms. The molecule has 3 nitrogen and oxygen atoms in total. The molecule has 23 heavy (non-hydrogen) atoms. The van der Waals surface area contributed by atoms with Gasteiger partial charge in [-0.25, -0.2) is 4.98 Å². The molecule has 3 rings (SSSR count). The standard InChI is InChI=1S/C20H25N3/c1-4-22(5-2)14-15-23-19-9-7-6-8-18(19)21-20(23)17-12-10-16(3)11-13-17/h6-13H,4-5,14-15H2,1-3H3. The van der Waals surface area contributed by atoms with Gasteiger partial charge in [0.1, 0.15) is 5.82 Å². The summed E-state index contributed by atoms with van der Waals surface area (Å²) in [6.07, 6.45) is 0. The minimum absolute atomic E-state index is 0.964. The van der Waals surface area contributed by atoms with E-state index in [1.54, 1.807) is 0 Å². The van der Waals surface area contributed by atoms with Crippen molar-refractivity contribution < 1.29 is 0 Å². The second-order valence-electron chi connectivity index (χ2n) is 5.97. The van der Waals surface area contributed by atoms with E-state index in [9.17, 15) is 0 Å². The zero-order valence-electron chi connectivity index (χ0n) is 14.3. The van der Waals surface area contributed by atoms with Crippen LogP contribution in [0.5, 0.6) is 0 Å².